The highest BCUT2D eigenvalue weighted by Crippen LogP contribution is 2.28. The van der Waals surface area contributed by atoms with Gasteiger partial charge in [0.1, 0.15) is 5.54 Å². The summed E-state index contributed by atoms with van der Waals surface area (Å²) < 4.78 is 0. The van der Waals surface area contributed by atoms with Gasteiger partial charge < -0.3 is 10.4 Å². The van der Waals surface area contributed by atoms with Crippen molar-refractivity contribution in [2.45, 2.75) is 12.0 Å². The molecule has 1 fully saturated rings. The molecule has 0 bridgehead atoms. The predicted molar refractivity (Wildman–Crippen MR) is 83.7 cm³/mol. The Bertz CT molecular complexity index is 707. The molecule has 1 atom stereocenters. The Morgan fingerprint density at radius 3 is 2.57 bits per heavy atom. The van der Waals surface area contributed by atoms with Crippen LogP contribution in [0.15, 0.2) is 42.5 Å². The maximum atomic E-state index is 12.4. The average molecular weight is 301 g/mol. The second kappa shape index (κ2) is 5.41. The van der Waals surface area contributed by atoms with Gasteiger partial charge >= 0.3 is 5.97 Å². The highest BCUT2D eigenvalue weighted by atomic mass is 32.2. The maximum absolute atomic E-state index is 12.4. The van der Waals surface area contributed by atoms with Crippen LogP contribution in [-0.4, -0.2) is 34.0 Å². The van der Waals surface area contributed by atoms with Crippen LogP contribution in [0.25, 0.3) is 10.8 Å². The molecule has 0 spiro atoms. The topological polar surface area (TPSA) is 66.4 Å². The van der Waals surface area contributed by atoms with Crippen molar-refractivity contribution in [1.82, 2.24) is 5.32 Å². The number of rotatable bonds is 3. The van der Waals surface area contributed by atoms with Crippen LogP contribution in [0.1, 0.15) is 16.8 Å². The summed E-state index contributed by atoms with van der Waals surface area (Å²) in [6.45, 7) is 0. The zero-order valence-electron chi connectivity index (χ0n) is 11.3. The van der Waals surface area contributed by atoms with Crippen molar-refractivity contribution in [3.05, 3.63) is 48.0 Å². The molecule has 5 heteroatoms. The molecule has 4 nitrogen and oxygen atoms in total. The average Bonchev–Trinajstić information content (AvgIpc) is 2.96. The minimum absolute atomic E-state index is 0.328. The van der Waals surface area contributed by atoms with Crippen LogP contribution in [0.5, 0.6) is 0 Å². The second-order valence-corrected chi connectivity index (χ2v) is 6.31. The summed E-state index contributed by atoms with van der Waals surface area (Å²) in [7, 11) is 0. The summed E-state index contributed by atoms with van der Waals surface area (Å²) in [5.74, 6) is -0.112. The highest BCUT2D eigenvalue weighted by molar-refractivity contribution is 7.99. The van der Waals surface area contributed by atoms with E-state index in [9.17, 15) is 14.7 Å². The van der Waals surface area contributed by atoms with E-state index in [2.05, 4.69) is 5.32 Å². The van der Waals surface area contributed by atoms with Gasteiger partial charge in [-0.05, 0) is 35.1 Å². The number of carboxylic acids is 1. The Morgan fingerprint density at radius 2 is 1.90 bits per heavy atom. The van der Waals surface area contributed by atoms with Gasteiger partial charge in [-0.25, -0.2) is 4.79 Å². The molecule has 0 radical (unpaired) electrons. The molecule has 0 saturated carbocycles. The number of nitrogens with one attached hydrogen (secondary N) is 1. The van der Waals surface area contributed by atoms with Crippen LogP contribution >= 0.6 is 11.8 Å². The van der Waals surface area contributed by atoms with Gasteiger partial charge in [0.2, 0.25) is 0 Å². The molecule has 2 aromatic carbocycles. The van der Waals surface area contributed by atoms with Gasteiger partial charge in [0.15, 0.2) is 0 Å². The quantitative estimate of drug-likeness (QED) is 0.914. The minimum atomic E-state index is -1.13. The van der Waals surface area contributed by atoms with E-state index in [-0.39, 0.29) is 5.91 Å². The van der Waals surface area contributed by atoms with Crippen LogP contribution in [0.4, 0.5) is 0 Å². The van der Waals surface area contributed by atoms with Crippen molar-refractivity contribution in [3.8, 4) is 0 Å². The van der Waals surface area contributed by atoms with Crippen molar-refractivity contribution in [2.24, 2.45) is 0 Å². The van der Waals surface area contributed by atoms with E-state index in [1.807, 2.05) is 30.3 Å². The molecule has 1 saturated heterocycles. The number of thioether (sulfide) groups is 1. The van der Waals surface area contributed by atoms with E-state index >= 15 is 0 Å². The van der Waals surface area contributed by atoms with E-state index in [4.69, 9.17) is 0 Å². The first-order chi connectivity index (χ1) is 10.1. The summed E-state index contributed by atoms with van der Waals surface area (Å²) >= 11 is 1.55. The molecule has 2 aromatic rings. The van der Waals surface area contributed by atoms with Crippen molar-refractivity contribution in [1.29, 1.82) is 0 Å². The minimum Gasteiger partial charge on any atom is -0.479 e. The van der Waals surface area contributed by atoms with E-state index in [1.165, 1.54) is 0 Å². The van der Waals surface area contributed by atoms with Crippen molar-refractivity contribution >= 4 is 34.4 Å². The largest absolute Gasteiger partial charge is 0.479 e. The van der Waals surface area contributed by atoms with Crippen LogP contribution in [0.2, 0.25) is 0 Å². The molecule has 1 aliphatic rings. The van der Waals surface area contributed by atoms with E-state index in [0.29, 0.717) is 17.7 Å². The molecule has 21 heavy (non-hydrogen) atoms. The molecule has 0 aliphatic carbocycles. The molecule has 1 amide bonds. The number of hydrogen-bond donors (Lipinski definition) is 2. The molecule has 1 unspecified atom stereocenters. The van der Waals surface area contributed by atoms with Gasteiger partial charge in [0.25, 0.3) is 5.91 Å². The smallest absolute Gasteiger partial charge is 0.330 e. The molecule has 108 valence electrons. The van der Waals surface area contributed by atoms with Crippen molar-refractivity contribution in [3.63, 3.8) is 0 Å². The number of amides is 1. The zero-order chi connectivity index (χ0) is 14.9. The molecule has 2 N–H and O–H groups in total. The first kappa shape index (κ1) is 13.9. The number of benzene rings is 2. The van der Waals surface area contributed by atoms with Crippen LogP contribution in [-0.2, 0) is 4.79 Å². The van der Waals surface area contributed by atoms with Crippen LogP contribution in [0.3, 0.4) is 0 Å². The lowest BCUT2D eigenvalue weighted by Crippen LogP contribution is -2.54. The third kappa shape index (κ3) is 2.61. The van der Waals surface area contributed by atoms with E-state index < -0.39 is 11.5 Å². The lowest BCUT2D eigenvalue weighted by atomic mass is 9.98. The lowest BCUT2D eigenvalue weighted by molar-refractivity contribution is -0.143. The summed E-state index contributed by atoms with van der Waals surface area (Å²) in [6.07, 6.45) is 0.465. The predicted octanol–water partition coefficient (Wildman–Crippen LogP) is 2.53. The Morgan fingerprint density at radius 1 is 1.14 bits per heavy atom. The number of aliphatic carboxylic acids is 1. The summed E-state index contributed by atoms with van der Waals surface area (Å²) in [4.78, 5) is 23.8. The van der Waals surface area contributed by atoms with Gasteiger partial charge in [0.05, 0.1) is 0 Å². The van der Waals surface area contributed by atoms with Crippen LogP contribution in [0, 0.1) is 0 Å². The van der Waals surface area contributed by atoms with Crippen molar-refractivity contribution < 1.29 is 14.7 Å². The molecule has 0 aromatic heterocycles. The Kier molecular flexibility index (Phi) is 3.59. The van der Waals surface area contributed by atoms with Gasteiger partial charge in [0, 0.05) is 11.3 Å². The lowest BCUT2D eigenvalue weighted by Gasteiger charge is -2.24. The Hall–Kier alpha value is -2.01. The van der Waals surface area contributed by atoms with Gasteiger partial charge in [-0.1, -0.05) is 30.3 Å². The summed E-state index contributed by atoms with van der Waals surface area (Å²) in [6, 6.07) is 13.2. The fraction of sp³-hybridized carbons (Fsp3) is 0.250. The number of carbonyl (C=O) groups excluding carboxylic acids is 1. The Labute approximate surface area is 126 Å². The number of carbonyl (C=O) groups is 2. The van der Waals surface area contributed by atoms with Gasteiger partial charge in [-0.2, -0.15) is 11.8 Å². The molecule has 3 rings (SSSR count). The zero-order valence-corrected chi connectivity index (χ0v) is 12.2. The highest BCUT2D eigenvalue weighted by Gasteiger charge is 2.43. The van der Waals surface area contributed by atoms with Crippen LogP contribution < -0.4 is 5.32 Å². The number of fused-ring (bicyclic) bond motifs is 1. The van der Waals surface area contributed by atoms with Gasteiger partial charge in [-0.3, -0.25) is 4.79 Å². The molecular weight excluding hydrogens is 286 g/mol. The third-order valence-electron chi connectivity index (χ3n) is 3.80. The molecule has 1 heterocycles. The van der Waals surface area contributed by atoms with Gasteiger partial charge in [-0.15, -0.1) is 0 Å². The number of carboxylic acid groups (broad SMARTS) is 1. The van der Waals surface area contributed by atoms with Crippen molar-refractivity contribution in [2.75, 3.05) is 11.5 Å². The van der Waals surface area contributed by atoms with E-state index in [1.54, 1.807) is 23.9 Å². The molecular formula is C16H15NO3S. The SMILES string of the molecule is O=C(NC1(C(=O)O)CCSC1)c1ccc2ccccc2c1. The monoisotopic (exact) mass is 301 g/mol. The summed E-state index contributed by atoms with van der Waals surface area (Å²) in [5.41, 5.74) is -0.640. The number of hydrogen-bond acceptors (Lipinski definition) is 3. The maximum Gasteiger partial charge on any atom is 0.330 e. The second-order valence-electron chi connectivity index (χ2n) is 5.21. The van der Waals surface area contributed by atoms with E-state index in [0.717, 1.165) is 16.5 Å². The Balaban J connectivity index is 1.88. The first-order valence-electron chi connectivity index (χ1n) is 6.73. The third-order valence-corrected chi connectivity index (χ3v) is 4.99. The normalized spacial score (nSPS) is 21.3. The molecule has 1 aliphatic heterocycles. The standard InChI is InChI=1S/C16H15NO3S/c18-14(17-16(15(19)20)7-8-21-10-16)13-6-5-11-3-1-2-4-12(11)9-13/h1-6,9H,7-8,10H2,(H,17,18)(H,19,20). The summed E-state index contributed by atoms with van der Waals surface area (Å²) in [5, 5.41) is 14.1. The first-order valence-corrected chi connectivity index (χ1v) is 7.89. The fourth-order valence-corrected chi connectivity index (χ4v) is 3.83. The fourth-order valence-electron chi connectivity index (χ4n) is 2.51.